The molecule has 0 saturated carbocycles. The number of thiazole rings is 1. The lowest BCUT2D eigenvalue weighted by atomic mass is 9.97. The minimum Gasteiger partial charge on any atom is -0.367 e. The van der Waals surface area contributed by atoms with Crippen LogP contribution in [0.25, 0.3) is 44.8 Å². The number of amides is 2. The van der Waals surface area contributed by atoms with E-state index >= 15 is 0 Å². The highest BCUT2D eigenvalue weighted by molar-refractivity contribution is 7.11. The number of nitrogens with one attached hydrogen (secondary N) is 4. The van der Waals surface area contributed by atoms with Gasteiger partial charge < -0.3 is 30.4 Å². The number of nitrogens with zero attached hydrogens (tertiary/aromatic N) is 11. The standard InChI is InChI=1S/C22H20ClFN8O.C21H19ClFN7OS/c23-14-6-15-16(9-29-19(15)28-8-14)20-30-10-17(24)21(31-20)27-7-13-2-1-5-32(12-13)22(33)18-11-25-3-4-26-18;22-13-6-14-15(9-27-17(14)26-8-13)18-28-10-16(23)19(29-18)25-7-12-2-1-4-30(11-12)21(31)20-24-3-5-32-20/h3-4,6,8-11,13H,1-2,5,7,12H2,(H,28,29)(H,27,30,31);3,5-6,8-10,12H,1-2,4,7,11H2,(H,26,27)(H,25,28,29)/t13-;12-/m11/s1. The number of H-pyrrole nitrogens is 2. The van der Waals surface area contributed by atoms with Gasteiger partial charge in [0.1, 0.15) is 17.0 Å². The Morgan fingerprint density at radius 2 is 1.25 bits per heavy atom. The smallest absolute Gasteiger partial charge is 0.282 e. The molecule has 8 aromatic heterocycles. The molecule has 0 aliphatic carbocycles. The van der Waals surface area contributed by atoms with Crippen LogP contribution in [0.4, 0.5) is 20.4 Å². The molecule has 17 nitrogen and oxygen atoms in total. The Morgan fingerprint density at radius 3 is 1.75 bits per heavy atom. The van der Waals surface area contributed by atoms with Gasteiger partial charge in [0.2, 0.25) is 0 Å². The highest BCUT2D eigenvalue weighted by atomic mass is 35.5. The maximum Gasteiger partial charge on any atom is 0.282 e. The number of carbonyl (C=O) groups excluding carboxylic acids is 2. The van der Waals surface area contributed by atoms with E-state index in [1.807, 2.05) is 4.90 Å². The van der Waals surface area contributed by atoms with Crippen LogP contribution in [-0.4, -0.2) is 116 Å². The van der Waals surface area contributed by atoms with Crippen molar-refractivity contribution in [3.8, 4) is 22.8 Å². The Balaban J connectivity index is 0.000000164. The first-order valence-electron chi connectivity index (χ1n) is 20.7. The van der Waals surface area contributed by atoms with Crippen molar-refractivity contribution < 1.29 is 18.4 Å². The maximum absolute atomic E-state index is 14.5. The molecule has 2 saturated heterocycles. The molecular weight excluding hydrogens is 900 g/mol. The fraction of sp³-hybridized carbons (Fsp3) is 0.279. The van der Waals surface area contributed by atoms with Crippen molar-refractivity contribution >= 4 is 80.1 Å². The van der Waals surface area contributed by atoms with Crippen LogP contribution < -0.4 is 10.6 Å². The van der Waals surface area contributed by atoms with Gasteiger partial charge in [-0.25, -0.2) is 48.7 Å². The van der Waals surface area contributed by atoms with Crippen LogP contribution in [0, 0.1) is 23.5 Å². The van der Waals surface area contributed by atoms with Crippen LogP contribution in [0.3, 0.4) is 0 Å². The van der Waals surface area contributed by atoms with E-state index in [1.54, 1.807) is 53.4 Å². The van der Waals surface area contributed by atoms with E-state index in [1.165, 1.54) is 29.9 Å². The molecule has 2 aliphatic heterocycles. The number of carbonyl (C=O) groups is 2. The van der Waals surface area contributed by atoms with Crippen molar-refractivity contribution in [3.05, 3.63) is 112 Å². The Morgan fingerprint density at radius 1 is 0.692 bits per heavy atom. The second-order valence-electron chi connectivity index (χ2n) is 15.5. The molecule has 65 heavy (non-hydrogen) atoms. The number of hydrogen-bond donors (Lipinski definition) is 4. The molecule has 2 amide bonds. The number of aromatic nitrogens is 11. The highest BCUT2D eigenvalue weighted by Crippen LogP contribution is 2.30. The number of halogens is 4. The lowest BCUT2D eigenvalue weighted by Crippen LogP contribution is -2.42. The first-order valence-corrected chi connectivity index (χ1v) is 22.3. The van der Waals surface area contributed by atoms with E-state index in [0.717, 1.165) is 48.8 Å². The largest absolute Gasteiger partial charge is 0.367 e. The number of aromatic amines is 2. The number of likely N-dealkylation sites (tertiary alicyclic amines) is 2. The van der Waals surface area contributed by atoms with Gasteiger partial charge in [-0.15, -0.1) is 11.3 Å². The van der Waals surface area contributed by atoms with Gasteiger partial charge in [-0.05, 0) is 49.7 Å². The summed E-state index contributed by atoms with van der Waals surface area (Å²) in [5.74, 6) is 0.0288. The van der Waals surface area contributed by atoms with Crippen LogP contribution in [0.5, 0.6) is 0 Å². The monoisotopic (exact) mass is 937 g/mol. The minimum absolute atomic E-state index is 0.0493. The molecule has 332 valence electrons. The fourth-order valence-corrected chi connectivity index (χ4v) is 8.84. The number of anilines is 2. The van der Waals surface area contributed by atoms with Crippen molar-refractivity contribution in [1.82, 2.24) is 64.6 Å². The molecule has 22 heteroatoms. The summed E-state index contributed by atoms with van der Waals surface area (Å²) in [5, 5.41) is 11.0. The van der Waals surface area contributed by atoms with Crippen LogP contribution in [0.15, 0.2) is 79.5 Å². The van der Waals surface area contributed by atoms with Crippen molar-refractivity contribution in [3.63, 3.8) is 0 Å². The van der Waals surface area contributed by atoms with Crippen molar-refractivity contribution in [2.45, 2.75) is 25.7 Å². The zero-order chi connectivity index (χ0) is 44.9. The predicted molar refractivity (Wildman–Crippen MR) is 243 cm³/mol. The summed E-state index contributed by atoms with van der Waals surface area (Å²) in [6.07, 6.45) is 18.6. The number of piperidine rings is 2. The van der Waals surface area contributed by atoms with Crippen LogP contribution in [-0.2, 0) is 0 Å². The van der Waals surface area contributed by atoms with E-state index < -0.39 is 11.6 Å². The summed E-state index contributed by atoms with van der Waals surface area (Å²) in [6, 6.07) is 3.53. The van der Waals surface area contributed by atoms with E-state index in [4.69, 9.17) is 23.2 Å². The summed E-state index contributed by atoms with van der Waals surface area (Å²) in [4.78, 5) is 72.7. The molecule has 0 spiro atoms. The number of hydrogen-bond acceptors (Lipinski definition) is 14. The third-order valence-electron chi connectivity index (χ3n) is 11.1. The van der Waals surface area contributed by atoms with Crippen molar-refractivity contribution in [2.24, 2.45) is 11.8 Å². The van der Waals surface area contributed by atoms with Gasteiger partial charge in [0.15, 0.2) is 39.9 Å². The second-order valence-corrected chi connectivity index (χ2v) is 17.3. The molecule has 8 aromatic rings. The SMILES string of the molecule is O=C(c1cnccn1)N1CCC[C@H](CNc2nc(-c3c[nH]c4ncc(Cl)cc34)ncc2F)C1.O=C(c1nccs1)N1CCC[C@H](CNc2nc(-c3c[nH]c4ncc(Cl)cc34)ncc2F)C1. The van der Waals surface area contributed by atoms with Crippen molar-refractivity contribution in [2.75, 3.05) is 49.9 Å². The molecule has 0 radical (unpaired) electrons. The average molecular weight is 939 g/mol. The predicted octanol–water partition coefficient (Wildman–Crippen LogP) is 7.80. The molecule has 0 bridgehead atoms. The van der Waals surface area contributed by atoms with Crippen LogP contribution in [0.2, 0.25) is 10.0 Å². The number of fused-ring (bicyclic) bond motifs is 2. The zero-order valence-corrected chi connectivity index (χ0v) is 36.7. The normalized spacial score (nSPS) is 16.3. The van der Waals surface area contributed by atoms with Gasteiger partial charge in [-0.2, -0.15) is 0 Å². The maximum atomic E-state index is 14.5. The topological polar surface area (TPSA) is 212 Å². The molecule has 10 heterocycles. The lowest BCUT2D eigenvalue weighted by Gasteiger charge is -2.32. The Bertz CT molecular complexity index is 2960. The van der Waals surface area contributed by atoms with Gasteiger partial charge >= 0.3 is 0 Å². The van der Waals surface area contributed by atoms with Crippen LogP contribution >= 0.6 is 34.5 Å². The van der Waals surface area contributed by atoms with Gasteiger partial charge in [-0.3, -0.25) is 14.6 Å². The second kappa shape index (κ2) is 19.5. The molecule has 0 unspecified atom stereocenters. The Hall–Kier alpha value is -6.77. The molecule has 2 atom stereocenters. The van der Waals surface area contributed by atoms with Gasteiger partial charge in [0.25, 0.3) is 11.8 Å². The molecule has 4 N–H and O–H groups in total. The van der Waals surface area contributed by atoms with Crippen molar-refractivity contribution in [1.29, 1.82) is 0 Å². The summed E-state index contributed by atoms with van der Waals surface area (Å²) in [5.41, 5.74) is 2.99. The van der Waals surface area contributed by atoms with E-state index in [9.17, 15) is 18.4 Å². The summed E-state index contributed by atoms with van der Waals surface area (Å²) < 4.78 is 28.9. The number of pyridine rings is 2. The molecule has 2 fully saturated rings. The van der Waals surface area contributed by atoms with E-state index in [2.05, 4.69) is 65.5 Å². The summed E-state index contributed by atoms with van der Waals surface area (Å²) in [6.45, 7) is 3.48. The Labute approximate surface area is 383 Å². The molecule has 0 aromatic carbocycles. The molecular formula is C43H39Cl2F2N15O2S. The molecule has 10 rings (SSSR count). The Kier molecular flexibility index (Phi) is 13.1. The van der Waals surface area contributed by atoms with E-state index in [0.29, 0.717) is 94.1 Å². The third-order valence-corrected chi connectivity index (χ3v) is 12.3. The quantitative estimate of drug-likeness (QED) is 0.103. The first kappa shape index (κ1) is 43.5. The fourth-order valence-electron chi connectivity index (χ4n) is 7.92. The number of rotatable bonds is 10. The third kappa shape index (κ3) is 9.98. The first-order chi connectivity index (χ1) is 31.7. The highest BCUT2D eigenvalue weighted by Gasteiger charge is 2.28. The lowest BCUT2D eigenvalue weighted by molar-refractivity contribution is 0.0669. The average Bonchev–Trinajstić information content (AvgIpc) is 4.12. The van der Waals surface area contributed by atoms with Crippen LogP contribution in [0.1, 0.15) is 46.0 Å². The van der Waals surface area contributed by atoms with Gasteiger partial charge in [-0.1, -0.05) is 23.2 Å². The van der Waals surface area contributed by atoms with E-state index in [-0.39, 0.29) is 35.3 Å². The molecule has 2 aliphatic rings. The van der Waals surface area contributed by atoms with Gasteiger partial charge in [0, 0.05) is 110 Å². The summed E-state index contributed by atoms with van der Waals surface area (Å²) in [7, 11) is 0. The van der Waals surface area contributed by atoms with Gasteiger partial charge in [0.05, 0.1) is 28.6 Å². The minimum atomic E-state index is -0.543. The zero-order valence-electron chi connectivity index (χ0n) is 34.4. The summed E-state index contributed by atoms with van der Waals surface area (Å²) >= 11 is 13.5.